The Kier molecular flexibility index (Phi) is 3.98. The minimum Gasteiger partial charge on any atom is -0.377 e. The van der Waals surface area contributed by atoms with Crippen LogP contribution < -0.4 is 10.9 Å². The molecule has 108 valence electrons. The molecule has 2 heterocycles. The molecule has 10 heteroatoms. The summed E-state index contributed by atoms with van der Waals surface area (Å²) in [6.45, 7) is -1.20. The number of aromatic amines is 1. The molecule has 0 aliphatic carbocycles. The van der Waals surface area contributed by atoms with Crippen molar-refractivity contribution in [3.8, 4) is 0 Å². The molecule has 2 N–H and O–H groups in total. The van der Waals surface area contributed by atoms with Crippen molar-refractivity contribution in [2.75, 3.05) is 5.32 Å². The van der Waals surface area contributed by atoms with Gasteiger partial charge < -0.3 is 5.32 Å². The molecule has 20 heavy (non-hydrogen) atoms. The van der Waals surface area contributed by atoms with E-state index >= 15 is 0 Å². The number of hydrogen-bond donors (Lipinski definition) is 2. The molecule has 0 radical (unpaired) electrons. The first-order valence-electron chi connectivity index (χ1n) is 5.41. The summed E-state index contributed by atoms with van der Waals surface area (Å²) in [5.41, 5.74) is -0.121. The first kappa shape index (κ1) is 14.4. The number of hydrogen-bond acceptors (Lipinski definition) is 4. The molecule has 0 saturated carbocycles. The van der Waals surface area contributed by atoms with Crippen LogP contribution in [0.25, 0.3) is 0 Å². The van der Waals surface area contributed by atoms with E-state index in [0.717, 1.165) is 11.9 Å². The summed E-state index contributed by atoms with van der Waals surface area (Å²) in [7, 11) is 0. The number of H-pyrrole nitrogens is 1. The van der Waals surface area contributed by atoms with Gasteiger partial charge in [0.25, 0.3) is 5.56 Å². The van der Waals surface area contributed by atoms with E-state index in [0.29, 0.717) is 0 Å². The van der Waals surface area contributed by atoms with Crippen LogP contribution in [0, 0.1) is 0 Å². The number of anilines is 1. The number of alkyl halides is 3. The van der Waals surface area contributed by atoms with Crippen molar-refractivity contribution in [3.05, 3.63) is 39.5 Å². The second kappa shape index (κ2) is 5.53. The molecule has 6 nitrogen and oxygen atoms in total. The minimum absolute atomic E-state index is 0.157. The molecule has 0 aromatic carbocycles. The van der Waals surface area contributed by atoms with Gasteiger partial charge >= 0.3 is 6.18 Å². The van der Waals surface area contributed by atoms with Crippen LogP contribution in [0.2, 0.25) is 5.02 Å². The Morgan fingerprint density at radius 3 is 2.80 bits per heavy atom. The topological polar surface area (TPSA) is 75.6 Å². The predicted octanol–water partition coefficient (Wildman–Crippen LogP) is 1.79. The van der Waals surface area contributed by atoms with Crippen molar-refractivity contribution in [2.45, 2.75) is 19.3 Å². The first-order chi connectivity index (χ1) is 9.37. The zero-order valence-corrected chi connectivity index (χ0v) is 10.7. The van der Waals surface area contributed by atoms with Gasteiger partial charge in [-0.2, -0.15) is 23.4 Å². The average molecular weight is 308 g/mol. The highest BCUT2D eigenvalue weighted by Crippen LogP contribution is 2.19. The van der Waals surface area contributed by atoms with Gasteiger partial charge in [0.05, 0.1) is 24.1 Å². The van der Waals surface area contributed by atoms with Crippen molar-refractivity contribution in [3.63, 3.8) is 0 Å². The first-order valence-corrected chi connectivity index (χ1v) is 5.79. The molecule has 0 spiro atoms. The quantitative estimate of drug-likeness (QED) is 0.903. The van der Waals surface area contributed by atoms with E-state index in [1.165, 1.54) is 6.20 Å². The summed E-state index contributed by atoms with van der Waals surface area (Å²) in [6, 6.07) is 1.69. The molecular formula is C10H9ClF3N5O. The van der Waals surface area contributed by atoms with E-state index in [1.54, 1.807) is 6.07 Å². The third-order valence-electron chi connectivity index (χ3n) is 2.34. The fourth-order valence-electron chi connectivity index (χ4n) is 1.44. The zero-order valence-electron chi connectivity index (χ0n) is 9.91. The lowest BCUT2D eigenvalue weighted by atomic mass is 10.4. The highest BCUT2D eigenvalue weighted by Gasteiger charge is 2.29. The standard InChI is InChI=1S/C10H9ClF3N5O/c11-8-7(15-3-6-1-2-16-18-6)4-17-19(9(8)20)5-10(12,13)14/h1-2,4,15H,3,5H2,(H,16,18). The van der Waals surface area contributed by atoms with E-state index in [1.807, 2.05) is 0 Å². The maximum atomic E-state index is 12.2. The van der Waals surface area contributed by atoms with Gasteiger partial charge in [-0.3, -0.25) is 9.89 Å². The molecule has 2 rings (SSSR count). The average Bonchev–Trinajstić information content (AvgIpc) is 2.86. The van der Waals surface area contributed by atoms with Crippen LogP contribution in [0.15, 0.2) is 23.3 Å². The van der Waals surface area contributed by atoms with Gasteiger partial charge in [0.15, 0.2) is 0 Å². The molecule has 0 saturated heterocycles. The zero-order chi connectivity index (χ0) is 14.8. The van der Waals surface area contributed by atoms with E-state index in [-0.39, 0.29) is 21.9 Å². The van der Waals surface area contributed by atoms with Gasteiger partial charge in [0, 0.05) is 6.20 Å². The molecule has 0 atom stereocenters. The molecule has 0 unspecified atom stereocenters. The third kappa shape index (κ3) is 3.50. The Labute approximate surface area is 115 Å². The summed E-state index contributed by atoms with van der Waals surface area (Å²) >= 11 is 5.74. The van der Waals surface area contributed by atoms with E-state index in [2.05, 4.69) is 20.6 Å². The van der Waals surface area contributed by atoms with E-state index in [9.17, 15) is 18.0 Å². The fourth-order valence-corrected chi connectivity index (χ4v) is 1.66. The highest BCUT2D eigenvalue weighted by molar-refractivity contribution is 6.32. The van der Waals surface area contributed by atoms with Gasteiger partial charge in [-0.15, -0.1) is 0 Å². The molecule has 2 aromatic heterocycles. The Balaban J connectivity index is 2.16. The predicted molar refractivity (Wildman–Crippen MR) is 65.5 cm³/mol. The summed E-state index contributed by atoms with van der Waals surface area (Å²) in [6.07, 6.45) is -1.92. The molecule has 0 aliphatic rings. The lowest BCUT2D eigenvalue weighted by molar-refractivity contribution is -0.143. The Hall–Kier alpha value is -2.03. The Morgan fingerprint density at radius 1 is 1.45 bits per heavy atom. The van der Waals surface area contributed by atoms with Crippen molar-refractivity contribution in [2.24, 2.45) is 0 Å². The maximum absolute atomic E-state index is 12.2. The van der Waals surface area contributed by atoms with Gasteiger partial charge in [0.1, 0.15) is 11.6 Å². The normalized spacial score (nSPS) is 11.6. The third-order valence-corrected chi connectivity index (χ3v) is 2.71. The second-order valence-corrected chi connectivity index (χ2v) is 4.26. The Bertz CT molecular complexity index is 637. The minimum atomic E-state index is -4.54. The molecule has 0 fully saturated rings. The summed E-state index contributed by atoms with van der Waals surface area (Å²) < 4.78 is 36.9. The van der Waals surface area contributed by atoms with E-state index < -0.39 is 18.3 Å². The van der Waals surface area contributed by atoms with Crippen LogP contribution in [0.1, 0.15) is 5.69 Å². The van der Waals surface area contributed by atoms with Crippen molar-refractivity contribution >= 4 is 17.3 Å². The molecule has 0 bridgehead atoms. The number of rotatable bonds is 4. The molecule has 0 amide bonds. The number of nitrogens with zero attached hydrogens (tertiary/aromatic N) is 3. The van der Waals surface area contributed by atoms with Crippen LogP contribution >= 0.6 is 11.6 Å². The monoisotopic (exact) mass is 307 g/mol. The van der Waals surface area contributed by atoms with Gasteiger partial charge in [-0.1, -0.05) is 11.6 Å². The van der Waals surface area contributed by atoms with Crippen molar-refractivity contribution in [1.82, 2.24) is 20.0 Å². The van der Waals surface area contributed by atoms with Crippen LogP contribution in [-0.2, 0) is 13.1 Å². The summed E-state index contributed by atoms with van der Waals surface area (Å²) in [5, 5.41) is 12.3. The van der Waals surface area contributed by atoms with Crippen LogP contribution in [0.3, 0.4) is 0 Å². The summed E-state index contributed by atoms with van der Waals surface area (Å²) in [4.78, 5) is 11.6. The van der Waals surface area contributed by atoms with Crippen LogP contribution in [-0.4, -0.2) is 26.2 Å². The highest BCUT2D eigenvalue weighted by atomic mass is 35.5. The fraction of sp³-hybridized carbons (Fsp3) is 0.300. The lowest BCUT2D eigenvalue weighted by Gasteiger charge is -2.11. The van der Waals surface area contributed by atoms with Crippen molar-refractivity contribution in [1.29, 1.82) is 0 Å². The van der Waals surface area contributed by atoms with Gasteiger partial charge in [0.2, 0.25) is 0 Å². The number of halogens is 4. The number of aromatic nitrogens is 4. The largest absolute Gasteiger partial charge is 0.408 e. The smallest absolute Gasteiger partial charge is 0.377 e. The Morgan fingerprint density at radius 2 is 2.20 bits per heavy atom. The maximum Gasteiger partial charge on any atom is 0.408 e. The molecule has 0 aliphatic heterocycles. The van der Waals surface area contributed by atoms with E-state index in [4.69, 9.17) is 11.6 Å². The van der Waals surface area contributed by atoms with Crippen LogP contribution in [0.5, 0.6) is 0 Å². The van der Waals surface area contributed by atoms with Gasteiger partial charge in [-0.25, -0.2) is 4.68 Å². The van der Waals surface area contributed by atoms with Gasteiger partial charge in [-0.05, 0) is 6.07 Å². The summed E-state index contributed by atoms with van der Waals surface area (Å²) in [5.74, 6) is 0. The number of nitrogens with one attached hydrogen (secondary N) is 2. The van der Waals surface area contributed by atoms with Crippen molar-refractivity contribution < 1.29 is 13.2 Å². The molecular weight excluding hydrogens is 299 g/mol. The second-order valence-electron chi connectivity index (χ2n) is 3.89. The molecule has 2 aromatic rings. The SMILES string of the molecule is O=c1c(Cl)c(NCc2ccn[nH]2)cnn1CC(F)(F)F. The van der Waals surface area contributed by atoms with Crippen LogP contribution in [0.4, 0.5) is 18.9 Å². The lowest BCUT2D eigenvalue weighted by Crippen LogP contribution is -2.30.